The zero-order valence-electron chi connectivity index (χ0n) is 12.9. The van der Waals surface area contributed by atoms with Crippen molar-refractivity contribution in [3.05, 3.63) is 0 Å². The van der Waals surface area contributed by atoms with Crippen LogP contribution in [0.3, 0.4) is 0 Å². The molecule has 0 N–H and O–H groups in total. The van der Waals surface area contributed by atoms with Crippen LogP contribution < -0.4 is 0 Å². The normalized spacial score (nSPS) is 23.1. The molecule has 0 unspecified atom stereocenters. The smallest absolute Gasteiger partial charge is 0.236 e. The Morgan fingerprint density at radius 2 is 1.89 bits per heavy atom. The van der Waals surface area contributed by atoms with Gasteiger partial charge in [-0.1, -0.05) is 20.8 Å². The summed E-state index contributed by atoms with van der Waals surface area (Å²) >= 11 is 0. The lowest BCUT2D eigenvalue weighted by Crippen LogP contribution is -2.55. The Kier molecular flexibility index (Phi) is 5.17. The van der Waals surface area contributed by atoms with Gasteiger partial charge in [0, 0.05) is 46.3 Å². The molecule has 4 heteroatoms. The van der Waals surface area contributed by atoms with Gasteiger partial charge in [-0.05, 0) is 12.3 Å². The van der Waals surface area contributed by atoms with Crippen LogP contribution in [0.1, 0.15) is 27.7 Å². The molecule has 0 aliphatic carbocycles. The number of carbonyl (C=O) groups is 1. The van der Waals surface area contributed by atoms with Crippen LogP contribution in [-0.4, -0.2) is 73.5 Å². The van der Waals surface area contributed by atoms with Crippen LogP contribution in [0, 0.1) is 5.41 Å². The molecule has 0 spiro atoms. The minimum atomic E-state index is 0.200. The minimum absolute atomic E-state index is 0.200. The van der Waals surface area contributed by atoms with Gasteiger partial charge in [0.1, 0.15) is 0 Å². The van der Waals surface area contributed by atoms with Crippen molar-refractivity contribution < 1.29 is 4.79 Å². The first kappa shape index (κ1) is 15.4. The van der Waals surface area contributed by atoms with Crippen molar-refractivity contribution in [2.24, 2.45) is 5.41 Å². The molecule has 4 nitrogen and oxygen atoms in total. The maximum atomic E-state index is 11.7. The summed E-state index contributed by atoms with van der Waals surface area (Å²) in [5.41, 5.74) is 0.349. The molecule has 0 aromatic rings. The van der Waals surface area contributed by atoms with E-state index in [0.717, 1.165) is 26.2 Å². The molecule has 1 heterocycles. The van der Waals surface area contributed by atoms with Gasteiger partial charge in [0.15, 0.2) is 0 Å². The van der Waals surface area contributed by atoms with Gasteiger partial charge >= 0.3 is 0 Å². The van der Waals surface area contributed by atoms with Crippen molar-refractivity contribution in [2.45, 2.75) is 33.7 Å². The average molecular weight is 255 g/mol. The number of amides is 1. The average Bonchev–Trinajstić information content (AvgIpc) is 2.19. The first-order valence-corrected chi connectivity index (χ1v) is 6.85. The quantitative estimate of drug-likeness (QED) is 0.756. The van der Waals surface area contributed by atoms with E-state index in [2.05, 4.69) is 37.5 Å². The maximum Gasteiger partial charge on any atom is 0.236 e. The van der Waals surface area contributed by atoms with Crippen LogP contribution in [0.15, 0.2) is 0 Å². The van der Waals surface area contributed by atoms with Crippen molar-refractivity contribution >= 4 is 5.91 Å². The van der Waals surface area contributed by atoms with Crippen LogP contribution in [0.2, 0.25) is 0 Å². The van der Waals surface area contributed by atoms with Gasteiger partial charge < -0.3 is 9.80 Å². The number of likely N-dealkylation sites (N-methyl/N-ethyl adjacent to an activating group) is 1. The molecule has 0 aromatic carbocycles. The molecule has 1 rings (SSSR count). The number of hydrogen-bond acceptors (Lipinski definition) is 3. The topological polar surface area (TPSA) is 26.8 Å². The van der Waals surface area contributed by atoms with Crippen LogP contribution in [0.4, 0.5) is 0 Å². The molecule has 18 heavy (non-hydrogen) atoms. The molecule has 1 amide bonds. The number of hydrogen-bond donors (Lipinski definition) is 0. The molecular weight excluding hydrogens is 226 g/mol. The van der Waals surface area contributed by atoms with Crippen LogP contribution in [-0.2, 0) is 4.79 Å². The Labute approximate surface area is 112 Å². The summed E-state index contributed by atoms with van der Waals surface area (Å²) in [7, 11) is 3.64. The van der Waals surface area contributed by atoms with Crippen molar-refractivity contribution in [1.82, 2.24) is 14.7 Å². The minimum Gasteiger partial charge on any atom is -0.348 e. The molecule has 1 fully saturated rings. The highest BCUT2D eigenvalue weighted by atomic mass is 16.2. The Balaban J connectivity index is 2.44. The zero-order chi connectivity index (χ0) is 13.9. The lowest BCUT2D eigenvalue weighted by atomic mass is 9.95. The van der Waals surface area contributed by atoms with E-state index >= 15 is 0 Å². The van der Waals surface area contributed by atoms with Crippen molar-refractivity contribution in [3.63, 3.8) is 0 Å². The van der Waals surface area contributed by atoms with Crippen molar-refractivity contribution in [3.8, 4) is 0 Å². The molecule has 0 saturated carbocycles. The summed E-state index contributed by atoms with van der Waals surface area (Å²) in [4.78, 5) is 18.2. The van der Waals surface area contributed by atoms with Gasteiger partial charge in [-0.3, -0.25) is 9.69 Å². The predicted molar refractivity (Wildman–Crippen MR) is 75.6 cm³/mol. The fourth-order valence-electron chi connectivity index (χ4n) is 2.44. The summed E-state index contributed by atoms with van der Waals surface area (Å²) < 4.78 is 0. The molecule has 1 aliphatic heterocycles. The molecule has 0 radical (unpaired) electrons. The molecule has 1 saturated heterocycles. The third-order valence-corrected chi connectivity index (χ3v) is 3.38. The second kappa shape index (κ2) is 6.02. The summed E-state index contributed by atoms with van der Waals surface area (Å²) in [5, 5.41) is 0. The van der Waals surface area contributed by atoms with Crippen LogP contribution in [0.5, 0.6) is 0 Å². The van der Waals surface area contributed by atoms with Gasteiger partial charge in [-0.15, -0.1) is 0 Å². The van der Waals surface area contributed by atoms with Gasteiger partial charge in [-0.25, -0.2) is 0 Å². The Morgan fingerprint density at radius 1 is 1.28 bits per heavy atom. The fourth-order valence-corrected chi connectivity index (χ4v) is 2.44. The first-order chi connectivity index (χ1) is 8.19. The van der Waals surface area contributed by atoms with Crippen LogP contribution in [0.25, 0.3) is 0 Å². The van der Waals surface area contributed by atoms with Gasteiger partial charge in [0.05, 0.1) is 6.54 Å². The molecule has 1 aliphatic rings. The third kappa shape index (κ3) is 4.94. The third-order valence-electron chi connectivity index (χ3n) is 3.38. The van der Waals surface area contributed by atoms with Gasteiger partial charge in [-0.2, -0.15) is 0 Å². The second-order valence-corrected chi connectivity index (χ2v) is 6.90. The SMILES string of the molecule is C[C@@H]1CN(CC(C)(C)C)CCN1CC(=O)N(C)C. The number of rotatable bonds is 3. The Morgan fingerprint density at radius 3 is 2.33 bits per heavy atom. The largest absolute Gasteiger partial charge is 0.348 e. The van der Waals surface area contributed by atoms with Crippen molar-refractivity contribution in [1.29, 1.82) is 0 Å². The van der Waals surface area contributed by atoms with E-state index in [1.54, 1.807) is 4.90 Å². The summed E-state index contributed by atoms with van der Waals surface area (Å²) in [6.07, 6.45) is 0. The van der Waals surface area contributed by atoms with E-state index in [-0.39, 0.29) is 5.91 Å². The lowest BCUT2D eigenvalue weighted by Gasteiger charge is -2.42. The molecule has 0 bridgehead atoms. The zero-order valence-corrected chi connectivity index (χ0v) is 12.9. The molecule has 106 valence electrons. The number of piperazine rings is 1. The van der Waals surface area contributed by atoms with E-state index in [9.17, 15) is 4.79 Å². The summed E-state index contributed by atoms with van der Waals surface area (Å²) in [6, 6.07) is 0.463. The number of carbonyl (C=O) groups excluding carboxylic acids is 1. The monoisotopic (exact) mass is 255 g/mol. The Bertz CT molecular complexity index is 283. The van der Waals surface area contributed by atoms with E-state index in [1.165, 1.54) is 0 Å². The summed E-state index contributed by atoms with van der Waals surface area (Å²) in [6.45, 7) is 13.9. The van der Waals surface area contributed by atoms with E-state index in [1.807, 2.05) is 14.1 Å². The number of nitrogens with zero attached hydrogens (tertiary/aromatic N) is 3. The highest BCUT2D eigenvalue weighted by molar-refractivity contribution is 5.77. The highest BCUT2D eigenvalue weighted by Gasteiger charge is 2.27. The standard InChI is InChI=1S/C14H29N3O/c1-12-9-16(11-14(2,3)4)7-8-17(12)10-13(18)15(5)6/h12H,7-11H2,1-6H3/t12-/m1/s1. The predicted octanol–water partition coefficient (Wildman–Crippen LogP) is 1.13. The highest BCUT2D eigenvalue weighted by Crippen LogP contribution is 2.18. The maximum absolute atomic E-state index is 11.7. The molecular formula is C14H29N3O. The van der Waals surface area contributed by atoms with E-state index in [0.29, 0.717) is 18.0 Å². The second-order valence-electron chi connectivity index (χ2n) is 6.90. The lowest BCUT2D eigenvalue weighted by molar-refractivity contribution is -0.131. The molecule has 0 aromatic heterocycles. The van der Waals surface area contributed by atoms with E-state index < -0.39 is 0 Å². The fraction of sp³-hybridized carbons (Fsp3) is 0.929. The van der Waals surface area contributed by atoms with Gasteiger partial charge in [0.2, 0.25) is 5.91 Å². The molecule has 1 atom stereocenters. The Hall–Kier alpha value is -0.610. The van der Waals surface area contributed by atoms with Crippen molar-refractivity contribution in [2.75, 3.05) is 46.8 Å². The van der Waals surface area contributed by atoms with Crippen LogP contribution >= 0.6 is 0 Å². The van der Waals surface area contributed by atoms with Gasteiger partial charge in [0.25, 0.3) is 0 Å². The first-order valence-electron chi connectivity index (χ1n) is 6.85. The van der Waals surface area contributed by atoms with E-state index in [4.69, 9.17) is 0 Å². The summed E-state index contributed by atoms with van der Waals surface area (Å²) in [5.74, 6) is 0.200.